The molecule has 0 radical (unpaired) electrons. The molecule has 1 aromatic heterocycles. The zero-order chi connectivity index (χ0) is 8.27. The Balaban J connectivity index is 2.43. The summed E-state index contributed by atoms with van der Waals surface area (Å²) in [7, 11) is 0. The molecule has 0 saturated carbocycles. The predicted molar refractivity (Wildman–Crippen MR) is 47.2 cm³/mol. The molecule has 0 aliphatic heterocycles. The summed E-state index contributed by atoms with van der Waals surface area (Å²) in [5.41, 5.74) is 5.89. The average Bonchev–Trinajstić information content (AvgIpc) is 2.39. The molecule has 1 unspecified atom stereocenters. The van der Waals surface area contributed by atoms with Crippen LogP contribution in [0.5, 0.6) is 0 Å². The summed E-state index contributed by atoms with van der Waals surface area (Å²) in [6.07, 6.45) is 4.09. The van der Waals surface area contributed by atoms with E-state index < -0.39 is 0 Å². The summed E-state index contributed by atoms with van der Waals surface area (Å²) in [6, 6.07) is 4.31. The first-order chi connectivity index (χ1) is 5.20. The van der Waals surface area contributed by atoms with E-state index in [0.717, 1.165) is 6.54 Å². The van der Waals surface area contributed by atoms with E-state index in [4.69, 9.17) is 5.73 Å². The lowest BCUT2D eigenvalue weighted by Crippen LogP contribution is -2.30. The number of hydrogen-bond acceptors (Lipinski definition) is 1. The van der Waals surface area contributed by atoms with Gasteiger partial charge in [0.1, 0.15) is 0 Å². The summed E-state index contributed by atoms with van der Waals surface area (Å²) in [5, 5.41) is 0. The topological polar surface area (TPSA) is 30.9 Å². The minimum Gasteiger partial charge on any atom is -0.353 e. The molecule has 2 N–H and O–H groups in total. The zero-order valence-electron chi connectivity index (χ0n) is 7.20. The Kier molecular flexibility index (Phi) is 2.71. The molecule has 62 valence electrons. The highest BCUT2D eigenvalue weighted by Gasteiger charge is 2.06. The Bertz CT molecular complexity index is 189. The van der Waals surface area contributed by atoms with Gasteiger partial charge in [0.2, 0.25) is 0 Å². The maximum atomic E-state index is 5.89. The van der Waals surface area contributed by atoms with Crippen LogP contribution in [0, 0.1) is 5.92 Å². The van der Waals surface area contributed by atoms with Gasteiger partial charge in [0.05, 0.1) is 0 Å². The Morgan fingerprint density at radius 3 is 2.27 bits per heavy atom. The Morgan fingerprint density at radius 2 is 1.82 bits per heavy atom. The van der Waals surface area contributed by atoms with E-state index in [-0.39, 0.29) is 6.04 Å². The van der Waals surface area contributed by atoms with Gasteiger partial charge in [0.15, 0.2) is 0 Å². The van der Waals surface area contributed by atoms with Gasteiger partial charge in [0, 0.05) is 25.0 Å². The molecule has 1 atom stereocenters. The van der Waals surface area contributed by atoms with Crippen molar-refractivity contribution in [2.45, 2.75) is 26.4 Å². The molecule has 1 aromatic rings. The third-order valence-electron chi connectivity index (χ3n) is 1.94. The fourth-order valence-corrected chi connectivity index (χ4v) is 0.946. The van der Waals surface area contributed by atoms with Crippen molar-refractivity contribution in [2.75, 3.05) is 0 Å². The zero-order valence-corrected chi connectivity index (χ0v) is 7.20. The first-order valence-corrected chi connectivity index (χ1v) is 4.06. The van der Waals surface area contributed by atoms with Crippen molar-refractivity contribution >= 4 is 0 Å². The van der Waals surface area contributed by atoms with Crippen molar-refractivity contribution in [1.82, 2.24) is 4.57 Å². The first-order valence-electron chi connectivity index (χ1n) is 4.06. The minimum atomic E-state index is 0.266. The number of nitrogens with zero attached hydrogens (tertiary/aromatic N) is 1. The lowest BCUT2D eigenvalue weighted by atomic mass is 10.1. The van der Waals surface area contributed by atoms with Crippen molar-refractivity contribution in [3.8, 4) is 0 Å². The molecule has 0 aliphatic carbocycles. The monoisotopic (exact) mass is 152 g/mol. The molecular formula is C9H16N2. The number of aromatic nitrogens is 1. The van der Waals surface area contributed by atoms with E-state index in [0.29, 0.717) is 5.92 Å². The maximum Gasteiger partial charge on any atom is 0.0373 e. The molecule has 0 saturated heterocycles. The van der Waals surface area contributed by atoms with Gasteiger partial charge in [-0.25, -0.2) is 0 Å². The fraction of sp³-hybridized carbons (Fsp3) is 0.556. The SMILES string of the molecule is CC(C)C(N)Cn1cccc1. The van der Waals surface area contributed by atoms with Gasteiger partial charge in [-0.05, 0) is 18.1 Å². The van der Waals surface area contributed by atoms with Gasteiger partial charge in [-0.3, -0.25) is 0 Å². The molecule has 11 heavy (non-hydrogen) atoms. The van der Waals surface area contributed by atoms with Crippen LogP contribution in [0.2, 0.25) is 0 Å². The first kappa shape index (κ1) is 8.34. The molecule has 2 nitrogen and oxygen atoms in total. The number of rotatable bonds is 3. The molecule has 0 fully saturated rings. The molecular weight excluding hydrogens is 136 g/mol. The Morgan fingerprint density at radius 1 is 1.27 bits per heavy atom. The third-order valence-corrected chi connectivity index (χ3v) is 1.94. The van der Waals surface area contributed by atoms with Crippen molar-refractivity contribution in [3.05, 3.63) is 24.5 Å². The van der Waals surface area contributed by atoms with Crippen LogP contribution < -0.4 is 5.73 Å². The summed E-state index contributed by atoms with van der Waals surface area (Å²) in [4.78, 5) is 0. The summed E-state index contributed by atoms with van der Waals surface area (Å²) >= 11 is 0. The normalized spacial score (nSPS) is 13.8. The van der Waals surface area contributed by atoms with Crippen molar-refractivity contribution in [3.63, 3.8) is 0 Å². The predicted octanol–water partition coefficient (Wildman–Crippen LogP) is 1.47. The van der Waals surface area contributed by atoms with Crippen molar-refractivity contribution < 1.29 is 0 Å². The lowest BCUT2D eigenvalue weighted by molar-refractivity contribution is 0.434. The van der Waals surface area contributed by atoms with Gasteiger partial charge in [0.25, 0.3) is 0 Å². The van der Waals surface area contributed by atoms with Crippen LogP contribution >= 0.6 is 0 Å². The minimum absolute atomic E-state index is 0.266. The van der Waals surface area contributed by atoms with Gasteiger partial charge >= 0.3 is 0 Å². The van der Waals surface area contributed by atoms with E-state index >= 15 is 0 Å². The highest BCUT2D eigenvalue weighted by Crippen LogP contribution is 2.01. The quantitative estimate of drug-likeness (QED) is 0.698. The second-order valence-electron chi connectivity index (χ2n) is 3.29. The average molecular weight is 152 g/mol. The van der Waals surface area contributed by atoms with E-state index in [1.807, 2.05) is 24.5 Å². The standard InChI is InChI=1S/C9H16N2/c1-8(2)9(10)7-11-5-3-4-6-11/h3-6,8-9H,7,10H2,1-2H3. The lowest BCUT2D eigenvalue weighted by Gasteiger charge is -2.15. The number of nitrogens with two attached hydrogens (primary N) is 1. The van der Waals surface area contributed by atoms with E-state index in [1.54, 1.807) is 0 Å². The van der Waals surface area contributed by atoms with Crippen LogP contribution in [0.3, 0.4) is 0 Å². The molecule has 2 heteroatoms. The summed E-state index contributed by atoms with van der Waals surface area (Å²) in [6.45, 7) is 5.22. The maximum absolute atomic E-state index is 5.89. The van der Waals surface area contributed by atoms with E-state index in [9.17, 15) is 0 Å². The highest BCUT2D eigenvalue weighted by molar-refractivity contribution is 4.91. The molecule has 0 spiro atoms. The smallest absolute Gasteiger partial charge is 0.0373 e. The third kappa shape index (κ3) is 2.39. The number of hydrogen-bond donors (Lipinski definition) is 1. The van der Waals surface area contributed by atoms with Crippen LogP contribution in [0.15, 0.2) is 24.5 Å². The molecule has 0 aliphatic rings. The molecule has 0 aromatic carbocycles. The van der Waals surface area contributed by atoms with Gasteiger partial charge in [-0.15, -0.1) is 0 Å². The summed E-state index contributed by atoms with van der Waals surface area (Å²) < 4.78 is 2.12. The second kappa shape index (κ2) is 3.58. The van der Waals surface area contributed by atoms with E-state index in [1.165, 1.54) is 0 Å². The van der Waals surface area contributed by atoms with Gasteiger partial charge in [-0.2, -0.15) is 0 Å². The fourth-order valence-electron chi connectivity index (χ4n) is 0.946. The Labute approximate surface area is 68.0 Å². The highest BCUT2D eigenvalue weighted by atomic mass is 15.0. The van der Waals surface area contributed by atoms with E-state index in [2.05, 4.69) is 18.4 Å². The molecule has 1 rings (SSSR count). The van der Waals surface area contributed by atoms with Crippen LogP contribution in [-0.4, -0.2) is 10.6 Å². The molecule has 1 heterocycles. The van der Waals surface area contributed by atoms with Crippen LogP contribution in [0.1, 0.15) is 13.8 Å². The van der Waals surface area contributed by atoms with Gasteiger partial charge in [-0.1, -0.05) is 13.8 Å². The molecule has 0 bridgehead atoms. The van der Waals surface area contributed by atoms with Crippen LogP contribution in [0.4, 0.5) is 0 Å². The van der Waals surface area contributed by atoms with Crippen LogP contribution in [-0.2, 0) is 6.54 Å². The van der Waals surface area contributed by atoms with Crippen molar-refractivity contribution in [1.29, 1.82) is 0 Å². The molecule has 0 amide bonds. The second-order valence-corrected chi connectivity index (χ2v) is 3.29. The summed E-state index contributed by atoms with van der Waals surface area (Å²) in [5.74, 6) is 0.553. The largest absolute Gasteiger partial charge is 0.353 e. The van der Waals surface area contributed by atoms with Crippen LogP contribution in [0.25, 0.3) is 0 Å². The van der Waals surface area contributed by atoms with Gasteiger partial charge < -0.3 is 10.3 Å². The van der Waals surface area contributed by atoms with Crippen molar-refractivity contribution in [2.24, 2.45) is 11.7 Å². The Hall–Kier alpha value is -0.760.